The average Bonchev–Trinajstić information content (AvgIpc) is 3.25. The van der Waals surface area contributed by atoms with Crippen LogP contribution < -0.4 is 5.32 Å². The van der Waals surface area contributed by atoms with Gasteiger partial charge in [-0.15, -0.1) is 0 Å². The molecule has 2 atom stereocenters. The van der Waals surface area contributed by atoms with Crippen LogP contribution in [-0.4, -0.2) is 55.0 Å². The van der Waals surface area contributed by atoms with Gasteiger partial charge in [-0.25, -0.2) is 9.78 Å². The number of rotatable bonds is 7. The van der Waals surface area contributed by atoms with E-state index in [4.69, 9.17) is 32.7 Å². The van der Waals surface area contributed by atoms with Crippen molar-refractivity contribution in [1.29, 1.82) is 0 Å². The molecule has 0 aromatic carbocycles. The number of halogens is 2. The number of nitrogens with zero attached hydrogens (tertiary/aromatic N) is 2. The highest BCUT2D eigenvalue weighted by Crippen LogP contribution is 2.25. The van der Waals surface area contributed by atoms with Crippen LogP contribution in [0.4, 0.5) is 5.82 Å². The Morgan fingerprint density at radius 1 is 1.52 bits per heavy atom. The Balaban J connectivity index is 2.00. The summed E-state index contributed by atoms with van der Waals surface area (Å²) < 4.78 is 15.1. The Labute approximate surface area is 131 Å². The van der Waals surface area contributed by atoms with Crippen molar-refractivity contribution in [2.45, 2.75) is 19.1 Å². The molecule has 0 amide bonds. The second kappa shape index (κ2) is 7.22. The minimum atomic E-state index is -0.679. The first-order chi connectivity index (χ1) is 10.0. The Hall–Kier alpha value is -1.15. The van der Waals surface area contributed by atoms with Crippen LogP contribution in [-0.2, 0) is 14.2 Å². The van der Waals surface area contributed by atoms with E-state index in [1.807, 2.05) is 6.92 Å². The number of carbonyl (C=O) groups excluding carboxylic acids is 1. The molecule has 1 N–H and O–H groups in total. The predicted molar refractivity (Wildman–Crippen MR) is 77.0 cm³/mol. The molecule has 0 aliphatic carbocycles. The van der Waals surface area contributed by atoms with Crippen LogP contribution in [0.1, 0.15) is 17.4 Å². The molecule has 1 aliphatic heterocycles. The van der Waals surface area contributed by atoms with Crippen LogP contribution in [0.5, 0.6) is 0 Å². The number of epoxide rings is 1. The molecular formula is C12H15Cl2N3O4. The van der Waals surface area contributed by atoms with E-state index in [0.717, 1.165) is 6.61 Å². The maximum absolute atomic E-state index is 11.6. The van der Waals surface area contributed by atoms with Crippen LogP contribution in [0.25, 0.3) is 0 Å². The minimum absolute atomic E-state index is 0.0589. The van der Waals surface area contributed by atoms with Gasteiger partial charge in [0.1, 0.15) is 11.1 Å². The van der Waals surface area contributed by atoms with Gasteiger partial charge in [-0.2, -0.15) is 4.98 Å². The third kappa shape index (κ3) is 4.67. The first kappa shape index (κ1) is 16.2. The zero-order valence-electron chi connectivity index (χ0n) is 11.6. The fourth-order valence-electron chi connectivity index (χ4n) is 1.56. The average molecular weight is 336 g/mol. The Morgan fingerprint density at radius 3 is 2.86 bits per heavy atom. The minimum Gasteiger partial charge on any atom is -0.464 e. The number of anilines is 1. The number of nitrogens with one attached hydrogen (secondary N) is 1. The van der Waals surface area contributed by atoms with E-state index in [1.165, 1.54) is 7.11 Å². The summed E-state index contributed by atoms with van der Waals surface area (Å²) in [7, 11) is 1.23. The maximum atomic E-state index is 11.6. The summed E-state index contributed by atoms with van der Waals surface area (Å²) >= 11 is 11.9. The highest BCUT2D eigenvalue weighted by molar-refractivity contribution is 6.36. The van der Waals surface area contributed by atoms with Gasteiger partial charge in [0, 0.05) is 6.04 Å². The van der Waals surface area contributed by atoms with Crippen LogP contribution in [0.2, 0.25) is 10.3 Å². The van der Waals surface area contributed by atoms with E-state index in [-0.39, 0.29) is 34.0 Å². The molecule has 0 spiro atoms. The molecule has 1 aromatic rings. The lowest BCUT2D eigenvalue weighted by molar-refractivity contribution is 0.0594. The number of esters is 1. The SMILES string of the molecule is COC(=O)c1nc(Cl)nc(N[C@H](C)COC[C@@H]2CO2)c1Cl. The Morgan fingerprint density at radius 2 is 2.24 bits per heavy atom. The van der Waals surface area contributed by atoms with Crippen molar-refractivity contribution >= 4 is 35.0 Å². The van der Waals surface area contributed by atoms with Gasteiger partial charge in [0.15, 0.2) is 11.5 Å². The van der Waals surface area contributed by atoms with Gasteiger partial charge in [-0.3, -0.25) is 0 Å². The zero-order chi connectivity index (χ0) is 15.4. The molecule has 0 saturated carbocycles. The van der Waals surface area contributed by atoms with E-state index >= 15 is 0 Å². The fourth-order valence-corrected chi connectivity index (χ4v) is 1.95. The van der Waals surface area contributed by atoms with E-state index in [0.29, 0.717) is 13.2 Å². The molecule has 0 unspecified atom stereocenters. The lowest BCUT2D eigenvalue weighted by Crippen LogP contribution is -2.24. The topological polar surface area (TPSA) is 85.9 Å². The van der Waals surface area contributed by atoms with Crippen molar-refractivity contribution in [2.75, 3.05) is 32.2 Å². The lowest BCUT2D eigenvalue weighted by Gasteiger charge is -2.16. The van der Waals surface area contributed by atoms with Gasteiger partial charge in [0.2, 0.25) is 5.28 Å². The van der Waals surface area contributed by atoms with E-state index in [2.05, 4.69) is 20.0 Å². The van der Waals surface area contributed by atoms with Crippen LogP contribution in [0.3, 0.4) is 0 Å². The molecule has 21 heavy (non-hydrogen) atoms. The third-order valence-electron chi connectivity index (χ3n) is 2.66. The zero-order valence-corrected chi connectivity index (χ0v) is 13.1. The van der Waals surface area contributed by atoms with Gasteiger partial charge in [0.05, 0.1) is 26.9 Å². The molecule has 7 nitrogen and oxygen atoms in total. The summed E-state index contributed by atoms with van der Waals surface area (Å²) in [5, 5.41) is 2.99. The van der Waals surface area contributed by atoms with Crippen molar-refractivity contribution in [1.82, 2.24) is 9.97 Å². The number of carbonyl (C=O) groups is 1. The number of hydrogen-bond acceptors (Lipinski definition) is 7. The van der Waals surface area contributed by atoms with Gasteiger partial charge < -0.3 is 19.5 Å². The summed E-state index contributed by atoms with van der Waals surface area (Å²) in [6.07, 6.45) is 0.209. The van der Waals surface area contributed by atoms with Crippen LogP contribution in [0.15, 0.2) is 0 Å². The smallest absolute Gasteiger partial charge is 0.358 e. The number of aromatic nitrogens is 2. The highest BCUT2D eigenvalue weighted by atomic mass is 35.5. The number of ether oxygens (including phenoxy) is 3. The lowest BCUT2D eigenvalue weighted by atomic mass is 10.3. The normalized spacial score (nSPS) is 18.2. The summed E-state index contributed by atoms with van der Waals surface area (Å²) in [4.78, 5) is 19.3. The van der Waals surface area contributed by atoms with Crippen molar-refractivity contribution in [3.63, 3.8) is 0 Å². The second-order valence-electron chi connectivity index (χ2n) is 4.53. The van der Waals surface area contributed by atoms with E-state index in [1.54, 1.807) is 0 Å². The maximum Gasteiger partial charge on any atom is 0.358 e. The summed E-state index contributed by atoms with van der Waals surface area (Å²) in [6, 6.07) is -0.0855. The van der Waals surface area contributed by atoms with Crippen molar-refractivity contribution in [3.05, 3.63) is 16.0 Å². The van der Waals surface area contributed by atoms with E-state index in [9.17, 15) is 4.79 Å². The number of methoxy groups -OCH3 is 1. The quantitative estimate of drug-likeness (QED) is 0.461. The molecule has 1 fully saturated rings. The Kier molecular flexibility index (Phi) is 5.58. The monoisotopic (exact) mass is 335 g/mol. The summed E-state index contributed by atoms with van der Waals surface area (Å²) in [5.41, 5.74) is -0.0823. The van der Waals surface area contributed by atoms with Crippen LogP contribution in [0, 0.1) is 0 Å². The second-order valence-corrected chi connectivity index (χ2v) is 5.25. The standard InChI is InChI=1S/C12H15Cl2N3O4/c1-6(3-20-4-7-5-21-7)15-10-8(13)9(11(18)19-2)16-12(14)17-10/h6-7H,3-5H2,1-2H3,(H,15,16,17)/t6-,7-/m1/s1. The Bertz CT molecular complexity index is 525. The fraction of sp³-hybridized carbons (Fsp3) is 0.583. The molecule has 1 aromatic heterocycles. The summed E-state index contributed by atoms with van der Waals surface area (Å²) in [5.74, 6) is -0.419. The number of hydrogen-bond donors (Lipinski definition) is 1. The van der Waals surface area contributed by atoms with Gasteiger partial charge >= 0.3 is 5.97 Å². The van der Waals surface area contributed by atoms with Crippen LogP contribution >= 0.6 is 23.2 Å². The molecule has 1 saturated heterocycles. The van der Waals surface area contributed by atoms with E-state index < -0.39 is 5.97 Å². The predicted octanol–water partition coefficient (Wildman–Crippen LogP) is 1.79. The summed E-state index contributed by atoms with van der Waals surface area (Å²) in [6.45, 7) is 3.62. The van der Waals surface area contributed by atoms with Gasteiger partial charge in [-0.05, 0) is 18.5 Å². The largest absolute Gasteiger partial charge is 0.464 e. The highest BCUT2D eigenvalue weighted by Gasteiger charge is 2.23. The molecule has 0 radical (unpaired) electrons. The van der Waals surface area contributed by atoms with Crippen molar-refractivity contribution < 1.29 is 19.0 Å². The van der Waals surface area contributed by atoms with Crippen molar-refractivity contribution in [2.24, 2.45) is 0 Å². The molecule has 116 valence electrons. The molecule has 1 aliphatic rings. The molecular weight excluding hydrogens is 321 g/mol. The first-order valence-corrected chi connectivity index (χ1v) is 7.04. The van der Waals surface area contributed by atoms with Crippen molar-refractivity contribution in [3.8, 4) is 0 Å². The third-order valence-corrected chi connectivity index (χ3v) is 3.19. The molecule has 9 heteroatoms. The molecule has 2 heterocycles. The molecule has 2 rings (SSSR count). The first-order valence-electron chi connectivity index (χ1n) is 6.28. The molecule has 0 bridgehead atoms. The van der Waals surface area contributed by atoms with Gasteiger partial charge in [0.25, 0.3) is 0 Å². The van der Waals surface area contributed by atoms with Gasteiger partial charge in [-0.1, -0.05) is 11.6 Å².